The summed E-state index contributed by atoms with van der Waals surface area (Å²) in [6, 6.07) is 1.69. The molecular weight excluding hydrogens is 255 g/mol. The van der Waals surface area contributed by atoms with E-state index < -0.39 is 29.3 Å². The molecule has 0 aliphatic heterocycles. The molecule has 0 bridgehead atoms. The van der Waals surface area contributed by atoms with E-state index in [0.29, 0.717) is 0 Å². The molecule has 18 heavy (non-hydrogen) atoms. The molecule has 6 N–H and O–H groups in total. The molecular formula is C10H13NaO7. The molecule has 1 aromatic carbocycles. The van der Waals surface area contributed by atoms with Crippen LogP contribution in [-0.2, 0) is 0 Å². The van der Waals surface area contributed by atoms with E-state index >= 15 is 0 Å². The van der Waals surface area contributed by atoms with Crippen molar-refractivity contribution < 1.29 is 35.4 Å². The molecule has 0 heterocycles. The van der Waals surface area contributed by atoms with Crippen molar-refractivity contribution in [2.45, 2.75) is 9.77 Å². The monoisotopic (exact) mass is 268 g/mol. The fourth-order valence-corrected chi connectivity index (χ4v) is 1.11. The van der Waals surface area contributed by atoms with E-state index in [2.05, 4.69) is 0 Å². The molecule has 0 fully saturated rings. The van der Waals surface area contributed by atoms with Crippen molar-refractivity contribution >= 4 is 33.9 Å². The first-order valence-corrected chi connectivity index (χ1v) is 6.52. The van der Waals surface area contributed by atoms with Crippen LogP contribution in [0.15, 0.2) is 12.1 Å². The summed E-state index contributed by atoms with van der Waals surface area (Å²) in [5, 5.41) is 51.5. The molecule has 7 nitrogen and oxygen atoms in total. The number of phenolic OH excluding ortho intramolecular Hbond substituents is 3. The van der Waals surface area contributed by atoms with Gasteiger partial charge in [0.15, 0.2) is 17.2 Å². The first-order valence-electron chi connectivity index (χ1n) is 5.10. The van der Waals surface area contributed by atoms with E-state index in [9.17, 15) is 4.79 Å². The number of hydrogen-bond acceptors (Lipinski definition) is 6. The normalized spacial score (nSPS) is 11.3. The van der Waals surface area contributed by atoms with E-state index in [1.54, 1.807) is 0 Å². The summed E-state index contributed by atoms with van der Waals surface area (Å²) < 4.78 is 0.774. The zero-order valence-corrected chi connectivity index (χ0v) is 11.7. The van der Waals surface area contributed by atoms with Crippen LogP contribution in [0.3, 0.4) is 0 Å². The predicted octanol–water partition coefficient (Wildman–Crippen LogP) is -0.572. The van der Waals surface area contributed by atoms with Crippen molar-refractivity contribution in [3.05, 3.63) is 17.7 Å². The molecule has 0 aliphatic carbocycles. The van der Waals surface area contributed by atoms with Crippen molar-refractivity contribution in [1.29, 1.82) is 0 Å². The first kappa shape index (κ1) is 17.0. The predicted molar refractivity (Wildman–Crippen MR) is 62.0 cm³/mol. The summed E-state index contributed by atoms with van der Waals surface area (Å²) >= 11 is 0.972. The van der Waals surface area contributed by atoms with E-state index in [4.69, 9.17) is 30.6 Å². The number of aliphatic hydroxyl groups excluding tert-OH is 2. The van der Waals surface area contributed by atoms with Crippen LogP contribution in [0.4, 0.5) is 0 Å². The number of hydrogen-bond donors (Lipinski definition) is 6. The standard InChI is InChI=1S/C7H6O5.C3H7O2.Na/c8-4-1-3(7(11)12)2-5(9)6(4)10;1-3(5)2-4;/h1-2,8-10H,(H,11,12);3-5H,1-2H2;. The molecule has 0 amide bonds. The second-order valence-electron chi connectivity index (χ2n) is 3.41. The van der Waals surface area contributed by atoms with Gasteiger partial charge in [-0.05, 0) is 12.1 Å². The summed E-state index contributed by atoms with van der Waals surface area (Å²) in [5.74, 6) is -3.33. The van der Waals surface area contributed by atoms with Gasteiger partial charge in [-0.1, -0.05) is 0 Å². The zero-order chi connectivity index (χ0) is 14.3. The Morgan fingerprint density at radius 3 is 1.89 bits per heavy atom. The van der Waals surface area contributed by atoms with Gasteiger partial charge in [-0.3, -0.25) is 0 Å². The minimum atomic E-state index is -1.29. The van der Waals surface area contributed by atoms with Crippen LogP contribution < -0.4 is 0 Å². The van der Waals surface area contributed by atoms with Crippen LogP contribution in [0, 0.1) is 0 Å². The Kier molecular flexibility index (Phi) is 7.72. The Morgan fingerprint density at radius 1 is 1.22 bits per heavy atom. The average molecular weight is 268 g/mol. The van der Waals surface area contributed by atoms with Gasteiger partial charge in [-0.15, -0.1) is 0 Å². The Hall–Kier alpha value is -0.990. The van der Waals surface area contributed by atoms with Crippen molar-refractivity contribution in [2.75, 3.05) is 6.61 Å². The second kappa shape index (κ2) is 8.17. The first-order chi connectivity index (χ1) is 8.33. The summed E-state index contributed by atoms with van der Waals surface area (Å²) in [5.41, 5.74) is -0.289. The van der Waals surface area contributed by atoms with Gasteiger partial charge in [-0.25, -0.2) is 4.79 Å². The topological polar surface area (TPSA) is 138 Å². The van der Waals surface area contributed by atoms with Gasteiger partial charge >= 0.3 is 60.5 Å². The van der Waals surface area contributed by atoms with Crippen LogP contribution in [-0.4, -0.2) is 77.2 Å². The van der Waals surface area contributed by atoms with Crippen molar-refractivity contribution in [1.82, 2.24) is 0 Å². The third kappa shape index (κ3) is 5.56. The van der Waals surface area contributed by atoms with E-state index in [0.717, 1.165) is 43.7 Å². The third-order valence-electron chi connectivity index (χ3n) is 2.00. The van der Waals surface area contributed by atoms with E-state index in [1.165, 1.54) is 0 Å². The SMILES string of the molecule is O=C(O)c1cc(O)c(O)c(O)c1.OCC(O)[CH2][Na]. The van der Waals surface area contributed by atoms with Crippen LogP contribution >= 0.6 is 0 Å². The van der Waals surface area contributed by atoms with Gasteiger partial charge in [0.2, 0.25) is 0 Å². The molecule has 1 atom stereocenters. The number of benzene rings is 1. The van der Waals surface area contributed by atoms with Crippen molar-refractivity contribution in [3.63, 3.8) is 0 Å². The third-order valence-corrected chi connectivity index (χ3v) is 2.94. The summed E-state index contributed by atoms with van der Waals surface area (Å²) in [4.78, 5) is 10.3. The fraction of sp³-hybridized carbons (Fsp3) is 0.300. The summed E-state index contributed by atoms with van der Waals surface area (Å²) in [6.07, 6.45) is -0.448. The molecule has 0 saturated heterocycles. The Morgan fingerprint density at radius 2 is 1.67 bits per heavy atom. The molecule has 96 valence electrons. The fourth-order valence-electron chi connectivity index (χ4n) is 0.857. The average Bonchev–Trinajstić information content (AvgIpc) is 2.34. The Balaban J connectivity index is 0.000000411. The van der Waals surface area contributed by atoms with Gasteiger partial charge in [-0.2, -0.15) is 0 Å². The molecule has 0 spiro atoms. The van der Waals surface area contributed by atoms with Crippen LogP contribution in [0.25, 0.3) is 0 Å². The molecule has 0 saturated carbocycles. The van der Waals surface area contributed by atoms with Crippen molar-refractivity contribution in [2.24, 2.45) is 0 Å². The molecule has 8 heteroatoms. The number of aromatic hydroxyl groups is 3. The molecule has 0 radical (unpaired) electrons. The molecule has 1 aromatic rings. The van der Waals surface area contributed by atoms with Crippen LogP contribution in [0.2, 0.25) is 3.67 Å². The van der Waals surface area contributed by atoms with E-state index in [-0.39, 0.29) is 12.2 Å². The molecule has 1 rings (SSSR count). The number of carboxylic acid groups (broad SMARTS) is 1. The number of phenols is 3. The Bertz CT molecular complexity index is 380. The number of carboxylic acids is 1. The molecule has 0 aromatic heterocycles. The van der Waals surface area contributed by atoms with Crippen LogP contribution in [0.5, 0.6) is 17.2 Å². The van der Waals surface area contributed by atoms with Gasteiger partial charge in [0.1, 0.15) is 0 Å². The van der Waals surface area contributed by atoms with Gasteiger partial charge in [0.05, 0.1) is 5.56 Å². The molecule has 0 aliphatic rings. The maximum absolute atomic E-state index is 10.3. The quantitative estimate of drug-likeness (QED) is 0.319. The minimum absolute atomic E-state index is 0.0799. The Labute approximate surface area is 120 Å². The number of aliphatic hydroxyl groups is 2. The maximum atomic E-state index is 10.3. The second-order valence-corrected chi connectivity index (χ2v) is 4.23. The molecule has 1 unspecified atom stereocenters. The van der Waals surface area contributed by atoms with Gasteiger partial charge in [0, 0.05) is 0 Å². The summed E-state index contributed by atoms with van der Waals surface area (Å²) in [6.45, 7) is -0.0799. The summed E-state index contributed by atoms with van der Waals surface area (Å²) in [7, 11) is 0. The van der Waals surface area contributed by atoms with Gasteiger partial charge in [0.25, 0.3) is 0 Å². The number of aromatic carboxylic acids is 1. The van der Waals surface area contributed by atoms with E-state index in [1.807, 2.05) is 0 Å². The zero-order valence-electron chi connectivity index (χ0n) is 9.74. The van der Waals surface area contributed by atoms with Gasteiger partial charge < -0.3 is 20.4 Å². The van der Waals surface area contributed by atoms with Crippen molar-refractivity contribution in [3.8, 4) is 17.2 Å². The number of carbonyl (C=O) groups is 1. The van der Waals surface area contributed by atoms with Crippen LogP contribution in [0.1, 0.15) is 10.4 Å². The number of rotatable bonds is 3.